The molecule has 1 unspecified atom stereocenters. The first-order valence-corrected chi connectivity index (χ1v) is 19.2. The number of nitrogens with zero attached hydrogens (tertiary/aromatic N) is 3. The van der Waals surface area contributed by atoms with Crippen molar-refractivity contribution in [2.45, 2.75) is 6.17 Å². The van der Waals surface area contributed by atoms with Crippen LogP contribution in [-0.4, -0.2) is 16.2 Å². The maximum absolute atomic E-state index is 6.85. The zero-order valence-electron chi connectivity index (χ0n) is 30.6. The molecule has 1 atom stereocenters. The van der Waals surface area contributed by atoms with Gasteiger partial charge in [0.15, 0.2) is 5.84 Å². The van der Waals surface area contributed by atoms with Crippen molar-refractivity contribution in [2.24, 2.45) is 9.98 Å². The van der Waals surface area contributed by atoms with Gasteiger partial charge in [0.25, 0.3) is 0 Å². The van der Waals surface area contributed by atoms with Crippen molar-refractivity contribution >= 4 is 77.4 Å². The van der Waals surface area contributed by atoms with Crippen LogP contribution < -0.4 is 5.32 Å². The zero-order valence-corrected chi connectivity index (χ0v) is 30.6. The van der Waals surface area contributed by atoms with Crippen molar-refractivity contribution in [3.63, 3.8) is 0 Å². The van der Waals surface area contributed by atoms with Crippen molar-refractivity contribution in [3.8, 4) is 16.8 Å². The van der Waals surface area contributed by atoms with Crippen LogP contribution in [0, 0.1) is 0 Å². The standard InChI is InChI=1S/C51H32N4O2/c1-3-13-31(14-4-1)49-52-50(32-15-5-2-6-16-32)54-51(53-49)33-25-27-41-45(29-33)56-44-24-12-19-38(47(41)44)40-21-11-20-39-37-28-26-34(30-46(37)57-48(39)40)55-42-22-9-7-17-35(42)36-18-8-10-23-43(36)55/h1-30,49H,(H,52,53,54). The molecule has 0 bridgehead atoms. The van der Waals surface area contributed by atoms with Crippen LogP contribution in [0.4, 0.5) is 0 Å². The SMILES string of the molecule is c1ccc(C2=NC(c3ccc4c(c3)oc3cccc(-c5cccc6c5oc5cc(-n7c8ccccc8c8ccccc87)ccc56)c34)=NC(c3ccccc3)N2)cc1. The van der Waals surface area contributed by atoms with Crippen molar-refractivity contribution in [2.75, 3.05) is 0 Å². The Balaban J connectivity index is 0.985. The van der Waals surface area contributed by atoms with Gasteiger partial charge in [0.2, 0.25) is 0 Å². The fourth-order valence-corrected chi connectivity index (χ4v) is 8.66. The Bertz CT molecular complexity index is 3390. The first-order chi connectivity index (χ1) is 28.2. The van der Waals surface area contributed by atoms with Gasteiger partial charge in [-0.15, -0.1) is 0 Å². The molecule has 268 valence electrons. The van der Waals surface area contributed by atoms with Crippen molar-refractivity contribution in [1.82, 2.24) is 9.88 Å². The highest BCUT2D eigenvalue weighted by molar-refractivity contribution is 6.19. The molecule has 0 spiro atoms. The Morgan fingerprint density at radius 2 is 1.14 bits per heavy atom. The maximum Gasteiger partial charge on any atom is 0.159 e. The topological polar surface area (TPSA) is 68.0 Å². The third kappa shape index (κ3) is 4.97. The van der Waals surface area contributed by atoms with Gasteiger partial charge < -0.3 is 18.7 Å². The molecule has 0 saturated carbocycles. The summed E-state index contributed by atoms with van der Waals surface area (Å²) in [6, 6.07) is 63.2. The first kappa shape index (κ1) is 31.6. The third-order valence-corrected chi connectivity index (χ3v) is 11.3. The number of para-hydroxylation sites is 3. The Hall–Kier alpha value is -7.70. The van der Waals surface area contributed by atoms with Crippen molar-refractivity contribution in [3.05, 3.63) is 199 Å². The average Bonchev–Trinajstić information content (AvgIpc) is 3.96. The van der Waals surface area contributed by atoms with Gasteiger partial charge in [0.1, 0.15) is 34.3 Å². The summed E-state index contributed by atoms with van der Waals surface area (Å²) in [6.45, 7) is 0. The number of fused-ring (bicyclic) bond motifs is 9. The predicted octanol–water partition coefficient (Wildman–Crippen LogP) is 12.7. The lowest BCUT2D eigenvalue weighted by Crippen LogP contribution is -2.33. The third-order valence-electron chi connectivity index (χ3n) is 11.3. The van der Waals surface area contributed by atoms with Crippen LogP contribution in [0.3, 0.4) is 0 Å². The maximum atomic E-state index is 6.85. The van der Waals surface area contributed by atoms with Gasteiger partial charge in [-0.3, -0.25) is 0 Å². The van der Waals surface area contributed by atoms with Crippen LogP contribution in [0.2, 0.25) is 0 Å². The fraction of sp³-hybridized carbons (Fsp3) is 0.0196. The van der Waals surface area contributed by atoms with Crippen molar-refractivity contribution in [1.29, 1.82) is 0 Å². The molecule has 0 radical (unpaired) electrons. The number of rotatable bonds is 5. The molecule has 11 aromatic rings. The summed E-state index contributed by atoms with van der Waals surface area (Å²) in [4.78, 5) is 10.1. The first-order valence-electron chi connectivity index (χ1n) is 19.2. The van der Waals surface area contributed by atoms with E-state index in [2.05, 4.69) is 149 Å². The Morgan fingerprint density at radius 1 is 0.474 bits per heavy atom. The van der Waals surface area contributed by atoms with Gasteiger partial charge in [-0.25, -0.2) is 9.98 Å². The van der Waals surface area contributed by atoms with Gasteiger partial charge >= 0.3 is 0 Å². The summed E-state index contributed by atoms with van der Waals surface area (Å²) >= 11 is 0. The molecule has 0 fully saturated rings. The molecular formula is C51H32N4O2. The van der Waals surface area contributed by atoms with E-state index >= 15 is 0 Å². The Labute approximate surface area is 326 Å². The number of benzene rings is 8. The number of aliphatic imine (C=N–C) groups is 2. The molecule has 4 heterocycles. The zero-order chi connectivity index (χ0) is 37.5. The highest BCUT2D eigenvalue weighted by Gasteiger charge is 2.23. The largest absolute Gasteiger partial charge is 0.456 e. The van der Waals surface area contributed by atoms with Crippen LogP contribution in [0.25, 0.3) is 82.5 Å². The van der Waals surface area contributed by atoms with E-state index in [1.165, 1.54) is 21.8 Å². The number of hydrogen-bond acceptors (Lipinski definition) is 5. The molecule has 1 aliphatic rings. The number of furan rings is 2. The minimum Gasteiger partial charge on any atom is -0.456 e. The summed E-state index contributed by atoms with van der Waals surface area (Å²) in [6.07, 6.45) is -0.283. The molecule has 6 heteroatoms. The lowest BCUT2D eigenvalue weighted by molar-refractivity contribution is 0.667. The number of nitrogens with one attached hydrogen (secondary N) is 1. The number of aromatic nitrogens is 1. The van der Waals surface area contributed by atoms with E-state index in [9.17, 15) is 0 Å². The highest BCUT2D eigenvalue weighted by atomic mass is 16.3. The minimum absolute atomic E-state index is 0.283. The summed E-state index contributed by atoms with van der Waals surface area (Å²) < 4.78 is 15.8. The molecule has 8 aromatic carbocycles. The van der Waals surface area contributed by atoms with E-state index in [1.54, 1.807) is 0 Å². The van der Waals surface area contributed by atoms with E-state index in [0.29, 0.717) is 5.84 Å². The summed E-state index contributed by atoms with van der Waals surface area (Å²) in [7, 11) is 0. The second-order valence-electron chi connectivity index (χ2n) is 14.6. The minimum atomic E-state index is -0.283. The predicted molar refractivity (Wildman–Crippen MR) is 233 cm³/mol. The fourth-order valence-electron chi connectivity index (χ4n) is 8.66. The second-order valence-corrected chi connectivity index (χ2v) is 14.6. The Morgan fingerprint density at radius 3 is 1.95 bits per heavy atom. The molecule has 6 nitrogen and oxygen atoms in total. The summed E-state index contributed by atoms with van der Waals surface area (Å²) in [5.74, 6) is 1.43. The van der Waals surface area contributed by atoms with Gasteiger partial charge in [0.05, 0.1) is 11.0 Å². The normalized spacial score (nSPS) is 14.5. The van der Waals surface area contributed by atoms with Crippen LogP contribution in [0.1, 0.15) is 22.9 Å². The lowest BCUT2D eigenvalue weighted by atomic mass is 9.97. The van der Waals surface area contributed by atoms with Crippen LogP contribution in [0.15, 0.2) is 201 Å². The van der Waals surface area contributed by atoms with E-state index in [0.717, 1.165) is 83.2 Å². The summed E-state index contributed by atoms with van der Waals surface area (Å²) in [5.41, 5.74) is 11.7. The lowest BCUT2D eigenvalue weighted by Gasteiger charge is -2.23. The van der Waals surface area contributed by atoms with E-state index < -0.39 is 0 Å². The van der Waals surface area contributed by atoms with E-state index in [4.69, 9.17) is 18.8 Å². The molecule has 3 aromatic heterocycles. The molecular weight excluding hydrogens is 701 g/mol. The van der Waals surface area contributed by atoms with Crippen LogP contribution in [0.5, 0.6) is 0 Å². The average molecular weight is 733 g/mol. The molecule has 1 aliphatic heterocycles. The van der Waals surface area contributed by atoms with Gasteiger partial charge in [-0.05, 0) is 53.6 Å². The summed E-state index contributed by atoms with van der Waals surface area (Å²) in [5, 5.41) is 10.2. The molecule has 0 saturated heterocycles. The molecule has 12 rings (SSSR count). The molecule has 57 heavy (non-hydrogen) atoms. The van der Waals surface area contributed by atoms with E-state index in [-0.39, 0.29) is 6.17 Å². The quantitative estimate of drug-likeness (QED) is 0.192. The Kier molecular flexibility index (Phi) is 6.89. The highest BCUT2D eigenvalue weighted by Crippen LogP contribution is 2.43. The molecule has 0 aliphatic carbocycles. The number of hydrogen-bond donors (Lipinski definition) is 1. The smallest absolute Gasteiger partial charge is 0.159 e. The van der Waals surface area contributed by atoms with E-state index in [1.807, 2.05) is 42.5 Å². The van der Waals surface area contributed by atoms with Gasteiger partial charge in [-0.1, -0.05) is 133 Å². The van der Waals surface area contributed by atoms with Gasteiger partial charge in [0, 0.05) is 60.8 Å². The number of amidine groups is 2. The molecule has 0 amide bonds. The van der Waals surface area contributed by atoms with Gasteiger partial charge in [-0.2, -0.15) is 0 Å². The molecule has 1 N–H and O–H groups in total. The second kappa shape index (κ2) is 12.4. The van der Waals surface area contributed by atoms with Crippen molar-refractivity contribution < 1.29 is 8.83 Å². The monoisotopic (exact) mass is 732 g/mol. The van der Waals surface area contributed by atoms with Crippen LogP contribution >= 0.6 is 0 Å². The van der Waals surface area contributed by atoms with Crippen LogP contribution in [-0.2, 0) is 0 Å².